The molecule has 0 fully saturated rings. The fourth-order valence-electron chi connectivity index (χ4n) is 8.96. The molecule has 7 heteroatoms. The van der Waals surface area contributed by atoms with E-state index in [1.54, 1.807) is 4.68 Å². The molecule has 0 N–H and O–H groups in total. The SMILES string of the molecule is Cc1cccc(-c2ccccc2)c1-c1nn(-c2[c-]c(Oc3[c-]c4c(cc3)c3cc(-c5ccccc5)ccc3n4-c3cc(C(C)(C)C)ccn3)ccc2)[c-][n+]1-c1cc(C(C)(C)C)cc(C(C)(C)C)c1.[Pt]. The van der Waals surface area contributed by atoms with Crippen molar-refractivity contribution < 1.29 is 30.4 Å². The van der Waals surface area contributed by atoms with Gasteiger partial charge < -0.3 is 13.9 Å². The molecule has 0 unspecified atom stereocenters. The Kier molecular flexibility index (Phi) is 12.5. The minimum absolute atomic E-state index is 0. The Morgan fingerprint density at radius 1 is 0.551 bits per heavy atom. The van der Waals surface area contributed by atoms with Crippen molar-refractivity contribution in [3.63, 3.8) is 0 Å². The first kappa shape index (κ1) is 47.2. The van der Waals surface area contributed by atoms with Crippen molar-refractivity contribution in [2.45, 2.75) is 85.5 Å². The van der Waals surface area contributed by atoms with E-state index in [1.165, 1.54) is 16.7 Å². The molecule has 0 amide bonds. The molecular formula is C62H57N5OPt-2. The molecule has 3 aromatic heterocycles. The second-order valence-electron chi connectivity index (χ2n) is 21.0. The van der Waals surface area contributed by atoms with Gasteiger partial charge in [0.25, 0.3) is 0 Å². The fourth-order valence-corrected chi connectivity index (χ4v) is 8.96. The molecule has 69 heavy (non-hydrogen) atoms. The molecule has 3 heterocycles. The van der Waals surface area contributed by atoms with Gasteiger partial charge in [-0.05, 0) is 102 Å². The smallest absolute Gasteiger partial charge is 0.232 e. The van der Waals surface area contributed by atoms with Gasteiger partial charge in [-0.2, -0.15) is 22.9 Å². The van der Waals surface area contributed by atoms with Gasteiger partial charge in [-0.3, -0.25) is 0 Å². The van der Waals surface area contributed by atoms with Crippen LogP contribution in [0, 0.1) is 25.4 Å². The van der Waals surface area contributed by atoms with Crippen molar-refractivity contribution in [2.24, 2.45) is 0 Å². The van der Waals surface area contributed by atoms with Crippen molar-refractivity contribution in [1.82, 2.24) is 19.3 Å². The summed E-state index contributed by atoms with van der Waals surface area (Å²) in [6.45, 7) is 22.5. The van der Waals surface area contributed by atoms with Crippen molar-refractivity contribution in [3.05, 3.63) is 205 Å². The van der Waals surface area contributed by atoms with Crippen LogP contribution in [0.25, 0.3) is 72.6 Å². The molecule has 0 aliphatic carbocycles. The Labute approximate surface area is 421 Å². The summed E-state index contributed by atoms with van der Waals surface area (Å²) in [5, 5.41) is 7.57. The normalized spacial score (nSPS) is 12.1. The van der Waals surface area contributed by atoms with Gasteiger partial charge >= 0.3 is 0 Å². The monoisotopic (exact) mass is 1080 g/mol. The van der Waals surface area contributed by atoms with Crippen LogP contribution in [0.1, 0.15) is 84.6 Å². The van der Waals surface area contributed by atoms with Crippen LogP contribution in [0.2, 0.25) is 0 Å². The second kappa shape index (κ2) is 18.2. The molecule has 348 valence electrons. The summed E-state index contributed by atoms with van der Waals surface area (Å²) in [6, 6.07) is 62.6. The van der Waals surface area contributed by atoms with E-state index in [-0.39, 0.29) is 37.3 Å². The Hall–Kier alpha value is -6.88. The molecule has 0 saturated carbocycles. The zero-order chi connectivity index (χ0) is 47.5. The third-order valence-electron chi connectivity index (χ3n) is 12.9. The van der Waals surface area contributed by atoms with Gasteiger partial charge in [0.15, 0.2) is 0 Å². The molecule has 0 radical (unpaired) electrons. The van der Waals surface area contributed by atoms with Crippen molar-refractivity contribution in [1.29, 1.82) is 0 Å². The summed E-state index contributed by atoms with van der Waals surface area (Å²) in [7, 11) is 0. The molecule has 0 aliphatic rings. The van der Waals surface area contributed by atoms with Gasteiger partial charge in [0.05, 0.1) is 0 Å². The van der Waals surface area contributed by atoms with Crippen LogP contribution in [0.4, 0.5) is 0 Å². The van der Waals surface area contributed by atoms with E-state index in [1.807, 2.05) is 30.5 Å². The maximum atomic E-state index is 6.71. The van der Waals surface area contributed by atoms with Gasteiger partial charge in [0.1, 0.15) is 5.82 Å². The predicted octanol–water partition coefficient (Wildman–Crippen LogP) is 15.0. The summed E-state index contributed by atoms with van der Waals surface area (Å²) in [5.74, 6) is 2.70. The number of pyridine rings is 1. The molecule has 10 aromatic rings. The topological polar surface area (TPSA) is 48.8 Å². The van der Waals surface area contributed by atoms with Gasteiger partial charge in [-0.1, -0.05) is 177 Å². The van der Waals surface area contributed by atoms with Gasteiger partial charge in [0.2, 0.25) is 12.2 Å². The number of hydrogen-bond donors (Lipinski definition) is 0. The van der Waals surface area contributed by atoms with E-state index in [2.05, 4.69) is 230 Å². The van der Waals surface area contributed by atoms with E-state index in [0.29, 0.717) is 17.2 Å². The largest absolute Gasteiger partial charge is 0.510 e. The number of benzene rings is 7. The van der Waals surface area contributed by atoms with Crippen LogP contribution in [-0.4, -0.2) is 19.3 Å². The maximum absolute atomic E-state index is 6.71. The van der Waals surface area contributed by atoms with Crippen LogP contribution in [-0.2, 0) is 37.3 Å². The summed E-state index contributed by atoms with van der Waals surface area (Å²) >= 11 is 0. The van der Waals surface area contributed by atoms with E-state index in [4.69, 9.17) is 14.8 Å². The van der Waals surface area contributed by atoms with Crippen LogP contribution in [0.15, 0.2) is 164 Å². The van der Waals surface area contributed by atoms with Gasteiger partial charge in [-0.15, -0.1) is 29.7 Å². The molecule has 0 saturated heterocycles. The van der Waals surface area contributed by atoms with Crippen LogP contribution < -0.4 is 9.30 Å². The molecule has 0 aliphatic heterocycles. The molecule has 10 rings (SSSR count). The summed E-state index contributed by atoms with van der Waals surface area (Å²) in [4.78, 5) is 4.93. The Balaban J connectivity index is 0.00000593. The number of aromatic nitrogens is 5. The average molecular weight is 1080 g/mol. The first-order valence-corrected chi connectivity index (χ1v) is 23.5. The number of hydrogen-bond acceptors (Lipinski definition) is 3. The van der Waals surface area contributed by atoms with Crippen molar-refractivity contribution in [3.8, 4) is 62.3 Å². The molecule has 6 nitrogen and oxygen atoms in total. The van der Waals surface area contributed by atoms with E-state index in [0.717, 1.165) is 72.5 Å². The van der Waals surface area contributed by atoms with Crippen LogP contribution in [0.5, 0.6) is 11.5 Å². The quantitative estimate of drug-likeness (QED) is 0.113. The predicted molar refractivity (Wildman–Crippen MR) is 277 cm³/mol. The molecular weight excluding hydrogens is 1030 g/mol. The number of nitrogens with zero attached hydrogens (tertiary/aromatic N) is 5. The standard InChI is InChI=1S/C62H57N5O.Pt/c1-41-19-17-26-52(43-22-15-12-16-23-43)58(41)59-64-66(40-65(59)49-35-46(61(5,6)7)34-47(36-49)62(8,9)10)48-24-18-25-50(38-48)68-51-28-29-53-54-33-44(42-20-13-11-14-21-42)27-30-55(54)67(56(53)39-51)57-37-45(31-32-63-57)60(2,3)4;/h11-37H,1-10H3;/q-2;. The Morgan fingerprint density at radius 3 is 1.88 bits per heavy atom. The molecule has 0 atom stereocenters. The third-order valence-corrected chi connectivity index (χ3v) is 12.9. The first-order chi connectivity index (χ1) is 32.5. The zero-order valence-corrected chi connectivity index (χ0v) is 43.3. The minimum Gasteiger partial charge on any atom is -0.510 e. The fraction of sp³-hybridized carbons (Fsp3) is 0.210. The van der Waals surface area contributed by atoms with Crippen LogP contribution >= 0.6 is 0 Å². The Bertz CT molecular complexity index is 3460. The van der Waals surface area contributed by atoms with Gasteiger partial charge in [-0.25, -0.2) is 4.98 Å². The number of fused-ring (bicyclic) bond motifs is 3. The number of rotatable bonds is 8. The Morgan fingerprint density at radius 2 is 1.20 bits per heavy atom. The summed E-state index contributed by atoms with van der Waals surface area (Å²) in [5.41, 5.74) is 13.8. The van der Waals surface area contributed by atoms with Gasteiger partial charge in [0, 0.05) is 55.5 Å². The van der Waals surface area contributed by atoms with Crippen molar-refractivity contribution >= 4 is 21.8 Å². The van der Waals surface area contributed by atoms with Crippen LogP contribution in [0.3, 0.4) is 0 Å². The average Bonchev–Trinajstić information content (AvgIpc) is 3.91. The molecule has 7 aromatic carbocycles. The second-order valence-corrected chi connectivity index (χ2v) is 21.0. The van der Waals surface area contributed by atoms with Crippen molar-refractivity contribution in [2.75, 3.05) is 0 Å². The van der Waals surface area contributed by atoms with E-state index in [9.17, 15) is 0 Å². The summed E-state index contributed by atoms with van der Waals surface area (Å²) < 4.78 is 12.8. The minimum atomic E-state index is -0.0868. The third kappa shape index (κ3) is 9.35. The van der Waals surface area contributed by atoms with E-state index < -0.39 is 0 Å². The first-order valence-electron chi connectivity index (χ1n) is 23.5. The molecule has 0 bridgehead atoms. The molecule has 0 spiro atoms. The number of ether oxygens (including phenoxy) is 1. The van der Waals surface area contributed by atoms with E-state index >= 15 is 0 Å². The number of aryl methyl sites for hydroxylation is 1. The zero-order valence-electron chi connectivity index (χ0n) is 41.0. The maximum Gasteiger partial charge on any atom is 0.232 e. The summed E-state index contributed by atoms with van der Waals surface area (Å²) in [6.07, 6.45) is 5.58.